The first-order valence-corrected chi connectivity index (χ1v) is 6.22. The molecule has 0 unspecified atom stereocenters. The number of aromatic nitrogens is 1. The van der Waals surface area contributed by atoms with Crippen LogP contribution >= 0.6 is 11.6 Å². The molecule has 0 saturated heterocycles. The number of amides is 1. The van der Waals surface area contributed by atoms with Crippen molar-refractivity contribution >= 4 is 17.5 Å². The largest absolute Gasteiger partial charge is 0.351 e. The van der Waals surface area contributed by atoms with Crippen molar-refractivity contribution in [2.24, 2.45) is 5.41 Å². The molecular formula is C12H15ClN2O2. The summed E-state index contributed by atoms with van der Waals surface area (Å²) in [6, 6.07) is 2.90. The number of rotatable bonds is 5. The van der Waals surface area contributed by atoms with Crippen LogP contribution in [0.25, 0.3) is 0 Å². The highest BCUT2D eigenvalue weighted by Crippen LogP contribution is 2.48. The molecule has 2 rings (SSSR count). The average molecular weight is 255 g/mol. The average Bonchev–Trinajstić information content (AvgIpc) is 3.07. The fraction of sp³-hybridized carbons (Fsp3) is 0.500. The monoisotopic (exact) mass is 254 g/mol. The minimum absolute atomic E-state index is 0.197. The Labute approximate surface area is 104 Å². The number of halogens is 1. The van der Waals surface area contributed by atoms with Crippen LogP contribution in [0.15, 0.2) is 23.1 Å². The van der Waals surface area contributed by atoms with Gasteiger partial charge in [-0.15, -0.1) is 11.6 Å². The van der Waals surface area contributed by atoms with Crippen molar-refractivity contribution in [2.45, 2.75) is 19.3 Å². The quantitative estimate of drug-likeness (QED) is 0.783. The zero-order chi connectivity index (χ0) is 12.3. The van der Waals surface area contributed by atoms with E-state index in [2.05, 4.69) is 10.3 Å². The van der Waals surface area contributed by atoms with Crippen molar-refractivity contribution in [2.75, 3.05) is 12.4 Å². The third-order valence-electron chi connectivity index (χ3n) is 3.24. The molecule has 2 N–H and O–H groups in total. The van der Waals surface area contributed by atoms with Gasteiger partial charge < -0.3 is 10.3 Å². The van der Waals surface area contributed by atoms with E-state index in [4.69, 9.17) is 11.6 Å². The van der Waals surface area contributed by atoms with Gasteiger partial charge in [-0.1, -0.05) is 0 Å². The van der Waals surface area contributed by atoms with Gasteiger partial charge in [0.1, 0.15) is 0 Å². The van der Waals surface area contributed by atoms with Crippen LogP contribution in [0, 0.1) is 5.41 Å². The number of aromatic amines is 1. The number of hydrogen-bond donors (Lipinski definition) is 2. The zero-order valence-corrected chi connectivity index (χ0v) is 10.2. The molecule has 17 heavy (non-hydrogen) atoms. The van der Waals surface area contributed by atoms with Crippen LogP contribution < -0.4 is 10.9 Å². The lowest BCUT2D eigenvalue weighted by Gasteiger charge is -2.14. The van der Waals surface area contributed by atoms with E-state index < -0.39 is 0 Å². The normalized spacial score (nSPS) is 16.5. The van der Waals surface area contributed by atoms with Gasteiger partial charge >= 0.3 is 0 Å². The Morgan fingerprint density at radius 2 is 2.29 bits per heavy atom. The highest BCUT2D eigenvalue weighted by Gasteiger charge is 2.41. The van der Waals surface area contributed by atoms with Gasteiger partial charge in [0.05, 0.1) is 0 Å². The maximum atomic E-state index is 11.8. The lowest BCUT2D eigenvalue weighted by Crippen LogP contribution is -2.31. The molecule has 0 aromatic carbocycles. The van der Waals surface area contributed by atoms with Crippen molar-refractivity contribution in [3.63, 3.8) is 0 Å². The molecule has 1 amide bonds. The van der Waals surface area contributed by atoms with E-state index in [9.17, 15) is 9.59 Å². The molecule has 1 aliphatic carbocycles. The number of carbonyl (C=O) groups excluding carboxylic acids is 1. The van der Waals surface area contributed by atoms with Crippen LogP contribution in [0.3, 0.4) is 0 Å². The molecule has 0 radical (unpaired) electrons. The van der Waals surface area contributed by atoms with Crippen LogP contribution in [0.5, 0.6) is 0 Å². The van der Waals surface area contributed by atoms with Crippen molar-refractivity contribution in [3.05, 3.63) is 34.2 Å². The summed E-state index contributed by atoms with van der Waals surface area (Å²) in [5.74, 6) is 0.429. The van der Waals surface area contributed by atoms with E-state index in [-0.39, 0.29) is 16.9 Å². The highest BCUT2D eigenvalue weighted by molar-refractivity contribution is 6.17. The number of H-pyrrole nitrogens is 1. The van der Waals surface area contributed by atoms with Crippen LogP contribution in [0.4, 0.5) is 0 Å². The molecule has 4 nitrogen and oxygen atoms in total. The molecule has 5 heteroatoms. The van der Waals surface area contributed by atoms with Gasteiger partial charge in [0, 0.05) is 30.3 Å². The van der Waals surface area contributed by atoms with Gasteiger partial charge in [-0.05, 0) is 30.7 Å². The Morgan fingerprint density at radius 1 is 1.53 bits per heavy atom. The van der Waals surface area contributed by atoms with E-state index in [0.29, 0.717) is 18.0 Å². The summed E-state index contributed by atoms with van der Waals surface area (Å²) >= 11 is 5.72. The highest BCUT2D eigenvalue weighted by atomic mass is 35.5. The minimum Gasteiger partial charge on any atom is -0.351 e. The molecule has 0 atom stereocenters. The summed E-state index contributed by atoms with van der Waals surface area (Å²) in [7, 11) is 0. The van der Waals surface area contributed by atoms with Gasteiger partial charge in [-0.2, -0.15) is 0 Å². The molecule has 0 bridgehead atoms. The standard InChI is InChI=1S/C12H15ClN2O2/c13-5-4-12(2-3-12)8-15-11(17)9-1-6-14-10(16)7-9/h1,6-7H,2-5,8H2,(H,14,16)(H,15,17). The number of hydrogen-bond acceptors (Lipinski definition) is 2. The summed E-state index contributed by atoms with van der Waals surface area (Å²) in [6.07, 6.45) is 4.65. The first kappa shape index (κ1) is 12.2. The fourth-order valence-electron chi connectivity index (χ4n) is 1.85. The van der Waals surface area contributed by atoms with E-state index in [1.54, 1.807) is 6.07 Å². The van der Waals surface area contributed by atoms with Crippen molar-refractivity contribution < 1.29 is 4.79 Å². The molecule has 1 aliphatic rings. The number of carbonyl (C=O) groups is 1. The second-order valence-corrected chi connectivity index (χ2v) is 4.94. The first-order valence-electron chi connectivity index (χ1n) is 5.68. The van der Waals surface area contributed by atoms with Gasteiger partial charge in [0.25, 0.3) is 5.91 Å². The summed E-state index contributed by atoms with van der Waals surface area (Å²) in [6.45, 7) is 0.644. The molecule has 0 aliphatic heterocycles. The van der Waals surface area contributed by atoms with Gasteiger partial charge in [0.15, 0.2) is 0 Å². The Balaban J connectivity index is 1.92. The number of nitrogens with one attached hydrogen (secondary N) is 2. The predicted molar refractivity (Wildman–Crippen MR) is 66.4 cm³/mol. The van der Waals surface area contributed by atoms with Crippen LogP contribution in [-0.2, 0) is 0 Å². The van der Waals surface area contributed by atoms with Crippen molar-refractivity contribution in [1.82, 2.24) is 10.3 Å². The lowest BCUT2D eigenvalue weighted by atomic mass is 10.0. The maximum absolute atomic E-state index is 11.8. The van der Waals surface area contributed by atoms with Crippen LogP contribution in [-0.4, -0.2) is 23.3 Å². The number of pyridine rings is 1. The molecule has 1 aromatic rings. The third-order valence-corrected chi connectivity index (χ3v) is 3.43. The van der Waals surface area contributed by atoms with Crippen LogP contribution in [0.2, 0.25) is 0 Å². The first-order chi connectivity index (χ1) is 8.15. The molecular weight excluding hydrogens is 240 g/mol. The second kappa shape index (κ2) is 4.92. The smallest absolute Gasteiger partial charge is 0.251 e. The minimum atomic E-state index is -0.264. The Kier molecular flexibility index (Phi) is 3.52. The summed E-state index contributed by atoms with van der Waals surface area (Å²) in [4.78, 5) is 25.3. The zero-order valence-electron chi connectivity index (χ0n) is 9.46. The molecule has 1 saturated carbocycles. The lowest BCUT2D eigenvalue weighted by molar-refractivity contribution is 0.0944. The molecule has 92 valence electrons. The topological polar surface area (TPSA) is 62.0 Å². The van der Waals surface area contributed by atoms with Crippen LogP contribution in [0.1, 0.15) is 29.6 Å². The van der Waals surface area contributed by atoms with Gasteiger partial charge in [-0.25, -0.2) is 0 Å². The predicted octanol–water partition coefficient (Wildman–Crippen LogP) is 1.51. The SMILES string of the molecule is O=C(NCC1(CCCl)CC1)c1cc[nH]c(=O)c1. The third kappa shape index (κ3) is 3.09. The fourth-order valence-corrected chi connectivity index (χ4v) is 2.25. The summed E-state index contributed by atoms with van der Waals surface area (Å²) < 4.78 is 0. The second-order valence-electron chi connectivity index (χ2n) is 4.56. The maximum Gasteiger partial charge on any atom is 0.251 e. The van der Waals surface area contributed by atoms with Gasteiger partial charge in [-0.3, -0.25) is 9.59 Å². The Morgan fingerprint density at radius 3 is 2.88 bits per heavy atom. The van der Waals surface area contributed by atoms with Gasteiger partial charge in [0.2, 0.25) is 5.56 Å². The summed E-state index contributed by atoms with van der Waals surface area (Å²) in [5, 5.41) is 2.86. The van der Waals surface area contributed by atoms with E-state index >= 15 is 0 Å². The molecule has 1 fully saturated rings. The summed E-state index contributed by atoms with van der Waals surface area (Å²) in [5.41, 5.74) is 0.341. The Bertz CT molecular complexity index is 466. The Hall–Kier alpha value is -1.29. The molecule has 1 heterocycles. The van der Waals surface area contributed by atoms with E-state index in [0.717, 1.165) is 19.3 Å². The van der Waals surface area contributed by atoms with Crippen molar-refractivity contribution in [1.29, 1.82) is 0 Å². The molecule has 1 aromatic heterocycles. The molecule has 0 spiro atoms. The van der Waals surface area contributed by atoms with E-state index in [1.807, 2.05) is 0 Å². The number of alkyl halides is 1. The van der Waals surface area contributed by atoms with Crippen molar-refractivity contribution in [3.8, 4) is 0 Å². The van der Waals surface area contributed by atoms with E-state index in [1.165, 1.54) is 12.3 Å².